The first-order valence-corrected chi connectivity index (χ1v) is 11.5. The Hall–Kier alpha value is -3.16. The van der Waals surface area contributed by atoms with Crippen molar-refractivity contribution in [1.29, 1.82) is 0 Å². The Labute approximate surface area is 183 Å². The Kier molecular flexibility index (Phi) is 7.44. The zero-order valence-corrected chi connectivity index (χ0v) is 18.4. The molecule has 2 N–H and O–H groups in total. The summed E-state index contributed by atoms with van der Waals surface area (Å²) < 4.78 is 33.0. The van der Waals surface area contributed by atoms with Crippen molar-refractivity contribution in [2.45, 2.75) is 25.2 Å². The molecular formula is C24H26N2O4S. The summed E-state index contributed by atoms with van der Waals surface area (Å²) in [5.74, 6) is 0.132. The number of hydrogen-bond acceptors (Lipinski definition) is 4. The van der Waals surface area contributed by atoms with Crippen LogP contribution in [0.15, 0.2) is 77.7 Å². The third-order valence-electron chi connectivity index (χ3n) is 4.72. The van der Waals surface area contributed by atoms with E-state index in [2.05, 4.69) is 10.0 Å². The summed E-state index contributed by atoms with van der Waals surface area (Å²) in [6, 6.07) is 21.5. The number of benzene rings is 3. The normalized spacial score (nSPS) is 11.2. The fourth-order valence-corrected chi connectivity index (χ4v) is 4.01. The van der Waals surface area contributed by atoms with Crippen molar-refractivity contribution in [2.75, 3.05) is 18.5 Å². The summed E-state index contributed by atoms with van der Waals surface area (Å²) in [6.07, 6.45) is 0.608. The predicted octanol–water partition coefficient (Wildman–Crippen LogP) is 3.84. The van der Waals surface area contributed by atoms with E-state index in [-0.39, 0.29) is 17.4 Å². The second-order valence-electron chi connectivity index (χ2n) is 7.26. The van der Waals surface area contributed by atoms with E-state index in [0.29, 0.717) is 18.7 Å². The van der Waals surface area contributed by atoms with E-state index in [0.717, 1.165) is 22.4 Å². The summed E-state index contributed by atoms with van der Waals surface area (Å²) in [7, 11) is -3.61. The Balaban J connectivity index is 1.50. The number of carbonyl (C=O) groups excluding carboxylic acids is 1. The SMILES string of the molecule is Cc1ccc(C)c(NC(=O)COc2ccc(S(=O)(=O)NCCc3ccccc3)cc2)c1. The smallest absolute Gasteiger partial charge is 0.262 e. The molecule has 0 unspecified atom stereocenters. The molecule has 3 rings (SSSR count). The summed E-state index contributed by atoms with van der Waals surface area (Å²) in [5, 5.41) is 2.82. The molecule has 7 heteroatoms. The number of anilines is 1. The maximum absolute atomic E-state index is 12.4. The van der Waals surface area contributed by atoms with Crippen LogP contribution in [0.5, 0.6) is 5.75 Å². The van der Waals surface area contributed by atoms with Crippen LogP contribution in [0.1, 0.15) is 16.7 Å². The van der Waals surface area contributed by atoms with E-state index in [1.807, 2.05) is 62.4 Å². The second kappa shape index (κ2) is 10.2. The molecule has 0 saturated heterocycles. The number of sulfonamides is 1. The molecule has 0 fully saturated rings. The van der Waals surface area contributed by atoms with Crippen molar-refractivity contribution in [3.8, 4) is 5.75 Å². The second-order valence-corrected chi connectivity index (χ2v) is 9.03. The Bertz CT molecular complexity index is 1130. The Morgan fingerprint density at radius 2 is 1.65 bits per heavy atom. The van der Waals surface area contributed by atoms with Crippen molar-refractivity contribution >= 4 is 21.6 Å². The molecule has 0 aliphatic carbocycles. The highest BCUT2D eigenvalue weighted by Gasteiger charge is 2.14. The molecule has 0 radical (unpaired) electrons. The van der Waals surface area contributed by atoms with Crippen LogP contribution in [0.25, 0.3) is 0 Å². The third-order valence-corrected chi connectivity index (χ3v) is 6.20. The zero-order valence-electron chi connectivity index (χ0n) is 17.6. The van der Waals surface area contributed by atoms with Gasteiger partial charge in [-0.15, -0.1) is 0 Å². The molecule has 6 nitrogen and oxygen atoms in total. The predicted molar refractivity (Wildman–Crippen MR) is 122 cm³/mol. The van der Waals surface area contributed by atoms with Crippen LogP contribution < -0.4 is 14.8 Å². The molecule has 0 aliphatic heterocycles. The van der Waals surface area contributed by atoms with Gasteiger partial charge in [0.15, 0.2) is 6.61 Å². The van der Waals surface area contributed by atoms with Crippen LogP contribution >= 0.6 is 0 Å². The van der Waals surface area contributed by atoms with Gasteiger partial charge in [0, 0.05) is 12.2 Å². The average Bonchev–Trinajstić information content (AvgIpc) is 2.76. The van der Waals surface area contributed by atoms with Crippen LogP contribution in [0.4, 0.5) is 5.69 Å². The molecule has 0 atom stereocenters. The Morgan fingerprint density at radius 1 is 0.935 bits per heavy atom. The summed E-state index contributed by atoms with van der Waals surface area (Å²) in [4.78, 5) is 12.3. The van der Waals surface area contributed by atoms with Crippen molar-refractivity contribution in [1.82, 2.24) is 4.72 Å². The molecule has 31 heavy (non-hydrogen) atoms. The first-order valence-electron chi connectivity index (χ1n) is 9.97. The van der Waals surface area contributed by atoms with E-state index >= 15 is 0 Å². The monoisotopic (exact) mass is 438 g/mol. The third kappa shape index (κ3) is 6.67. The molecular weight excluding hydrogens is 412 g/mol. The molecule has 1 amide bonds. The summed E-state index contributed by atoms with van der Waals surface area (Å²) in [5.41, 5.74) is 3.83. The lowest BCUT2D eigenvalue weighted by Gasteiger charge is -2.11. The van der Waals surface area contributed by atoms with Crippen molar-refractivity contribution < 1.29 is 17.9 Å². The van der Waals surface area contributed by atoms with Crippen molar-refractivity contribution in [3.05, 3.63) is 89.5 Å². The molecule has 0 heterocycles. The van der Waals surface area contributed by atoms with E-state index in [1.54, 1.807) is 0 Å². The van der Waals surface area contributed by atoms with Gasteiger partial charge in [0.2, 0.25) is 10.0 Å². The largest absolute Gasteiger partial charge is 0.484 e. The van der Waals surface area contributed by atoms with Gasteiger partial charge >= 0.3 is 0 Å². The minimum atomic E-state index is -3.61. The maximum atomic E-state index is 12.4. The number of nitrogens with one attached hydrogen (secondary N) is 2. The standard InChI is InChI=1S/C24H26N2O4S/c1-18-8-9-19(2)23(16-18)26-24(27)17-30-21-10-12-22(13-11-21)31(28,29)25-15-14-20-6-4-3-5-7-20/h3-13,16,25H,14-15,17H2,1-2H3,(H,26,27). The topological polar surface area (TPSA) is 84.5 Å². The van der Waals surface area contributed by atoms with Gasteiger partial charge in [-0.1, -0.05) is 42.5 Å². The van der Waals surface area contributed by atoms with Gasteiger partial charge in [-0.25, -0.2) is 13.1 Å². The Morgan fingerprint density at radius 3 is 2.35 bits per heavy atom. The highest BCUT2D eigenvalue weighted by molar-refractivity contribution is 7.89. The van der Waals surface area contributed by atoms with Crippen molar-refractivity contribution in [3.63, 3.8) is 0 Å². The van der Waals surface area contributed by atoms with Crippen molar-refractivity contribution in [2.24, 2.45) is 0 Å². The highest BCUT2D eigenvalue weighted by atomic mass is 32.2. The van der Waals surface area contributed by atoms with E-state index in [1.165, 1.54) is 24.3 Å². The number of amides is 1. The van der Waals surface area contributed by atoms with Gasteiger partial charge in [-0.2, -0.15) is 0 Å². The number of carbonyl (C=O) groups is 1. The summed E-state index contributed by atoms with van der Waals surface area (Å²) >= 11 is 0. The van der Waals surface area contributed by atoms with Gasteiger partial charge in [0.05, 0.1) is 4.90 Å². The fourth-order valence-electron chi connectivity index (χ4n) is 2.98. The van der Waals surface area contributed by atoms with Gasteiger partial charge in [-0.05, 0) is 67.3 Å². The average molecular weight is 439 g/mol. The van der Waals surface area contributed by atoms with E-state index in [4.69, 9.17) is 4.74 Å². The minimum Gasteiger partial charge on any atom is -0.484 e. The number of hydrogen-bond donors (Lipinski definition) is 2. The maximum Gasteiger partial charge on any atom is 0.262 e. The molecule has 0 spiro atoms. The van der Waals surface area contributed by atoms with Crippen LogP contribution in [0.2, 0.25) is 0 Å². The molecule has 0 aromatic heterocycles. The fraction of sp³-hybridized carbons (Fsp3) is 0.208. The first kappa shape index (κ1) is 22.5. The number of ether oxygens (including phenoxy) is 1. The van der Waals surface area contributed by atoms with Crippen LogP contribution in [0.3, 0.4) is 0 Å². The van der Waals surface area contributed by atoms with Gasteiger partial charge in [-0.3, -0.25) is 4.79 Å². The first-order chi connectivity index (χ1) is 14.8. The molecule has 0 aliphatic rings. The lowest BCUT2D eigenvalue weighted by atomic mass is 10.1. The lowest BCUT2D eigenvalue weighted by molar-refractivity contribution is -0.118. The zero-order chi connectivity index (χ0) is 22.3. The molecule has 0 saturated carbocycles. The van der Waals surface area contributed by atoms with Gasteiger partial charge in [0.25, 0.3) is 5.91 Å². The van der Waals surface area contributed by atoms with Gasteiger partial charge < -0.3 is 10.1 Å². The lowest BCUT2D eigenvalue weighted by Crippen LogP contribution is -2.26. The molecule has 3 aromatic carbocycles. The molecule has 162 valence electrons. The minimum absolute atomic E-state index is 0.146. The molecule has 0 bridgehead atoms. The number of aryl methyl sites for hydroxylation is 2. The van der Waals surface area contributed by atoms with E-state index < -0.39 is 10.0 Å². The van der Waals surface area contributed by atoms with Gasteiger partial charge in [0.1, 0.15) is 5.75 Å². The highest BCUT2D eigenvalue weighted by Crippen LogP contribution is 2.18. The van der Waals surface area contributed by atoms with Crippen LogP contribution in [0, 0.1) is 13.8 Å². The van der Waals surface area contributed by atoms with Crippen LogP contribution in [-0.2, 0) is 21.2 Å². The number of rotatable bonds is 9. The van der Waals surface area contributed by atoms with E-state index in [9.17, 15) is 13.2 Å². The summed E-state index contributed by atoms with van der Waals surface area (Å²) in [6.45, 7) is 4.01. The van der Waals surface area contributed by atoms with Crippen LogP contribution in [-0.4, -0.2) is 27.5 Å². The molecule has 3 aromatic rings. The quantitative estimate of drug-likeness (QED) is 0.532.